The van der Waals surface area contributed by atoms with Gasteiger partial charge in [0.15, 0.2) is 6.10 Å². The molecule has 5 heteroatoms. The Bertz CT molecular complexity index is 253. The standard InChI is InChI=1S/C12H21NO4/c14-12(15)11-2-1-10(17-11)7-13-5-3-9-4-6-16-8-9/h9-11,13H,1-8H2,(H,14,15). The van der Waals surface area contributed by atoms with Crippen LogP contribution < -0.4 is 5.32 Å². The summed E-state index contributed by atoms with van der Waals surface area (Å²) >= 11 is 0. The molecule has 0 bridgehead atoms. The van der Waals surface area contributed by atoms with Crippen LogP contribution in [0, 0.1) is 5.92 Å². The highest BCUT2D eigenvalue weighted by Crippen LogP contribution is 2.19. The molecule has 2 fully saturated rings. The maximum absolute atomic E-state index is 10.7. The van der Waals surface area contributed by atoms with E-state index >= 15 is 0 Å². The van der Waals surface area contributed by atoms with Gasteiger partial charge in [-0.2, -0.15) is 0 Å². The molecule has 0 aromatic heterocycles. The first-order chi connectivity index (χ1) is 8.25. The first-order valence-electron chi connectivity index (χ1n) is 6.42. The van der Waals surface area contributed by atoms with Crippen LogP contribution in [-0.2, 0) is 14.3 Å². The summed E-state index contributed by atoms with van der Waals surface area (Å²) in [5.74, 6) is -0.144. The number of aliphatic carboxylic acids is 1. The smallest absolute Gasteiger partial charge is 0.332 e. The molecule has 0 amide bonds. The molecule has 0 spiro atoms. The third-order valence-corrected chi connectivity index (χ3v) is 3.51. The van der Waals surface area contributed by atoms with Crippen molar-refractivity contribution in [2.45, 2.75) is 37.9 Å². The molecule has 3 unspecified atom stereocenters. The quantitative estimate of drug-likeness (QED) is 0.670. The number of carbonyl (C=O) groups is 1. The van der Waals surface area contributed by atoms with Crippen LogP contribution in [0.2, 0.25) is 0 Å². The van der Waals surface area contributed by atoms with Gasteiger partial charge in [0.1, 0.15) is 0 Å². The van der Waals surface area contributed by atoms with Gasteiger partial charge in [-0.05, 0) is 38.1 Å². The van der Waals surface area contributed by atoms with Crippen molar-refractivity contribution in [1.82, 2.24) is 5.32 Å². The predicted molar refractivity (Wildman–Crippen MR) is 61.9 cm³/mol. The number of nitrogens with one attached hydrogen (secondary N) is 1. The van der Waals surface area contributed by atoms with Gasteiger partial charge in [-0.15, -0.1) is 0 Å². The zero-order valence-electron chi connectivity index (χ0n) is 10.1. The van der Waals surface area contributed by atoms with Gasteiger partial charge in [0, 0.05) is 19.8 Å². The zero-order chi connectivity index (χ0) is 12.1. The maximum Gasteiger partial charge on any atom is 0.332 e. The fraction of sp³-hybridized carbons (Fsp3) is 0.917. The summed E-state index contributed by atoms with van der Waals surface area (Å²) in [7, 11) is 0. The third kappa shape index (κ3) is 3.94. The third-order valence-electron chi connectivity index (χ3n) is 3.51. The zero-order valence-corrected chi connectivity index (χ0v) is 10.1. The van der Waals surface area contributed by atoms with Crippen LogP contribution in [0.4, 0.5) is 0 Å². The van der Waals surface area contributed by atoms with E-state index in [-0.39, 0.29) is 6.10 Å². The van der Waals surface area contributed by atoms with E-state index in [0.29, 0.717) is 12.3 Å². The molecule has 17 heavy (non-hydrogen) atoms. The van der Waals surface area contributed by atoms with Gasteiger partial charge in [-0.25, -0.2) is 4.79 Å². The minimum absolute atomic E-state index is 0.0657. The normalized spacial score (nSPS) is 33.1. The van der Waals surface area contributed by atoms with E-state index < -0.39 is 12.1 Å². The number of ether oxygens (including phenoxy) is 2. The predicted octanol–water partition coefficient (Wildman–Crippen LogP) is 0.635. The van der Waals surface area contributed by atoms with Gasteiger partial charge in [-0.3, -0.25) is 0 Å². The Morgan fingerprint density at radius 3 is 2.88 bits per heavy atom. The second-order valence-corrected chi connectivity index (χ2v) is 4.88. The molecule has 2 N–H and O–H groups in total. The molecule has 2 aliphatic rings. The summed E-state index contributed by atoms with van der Waals surface area (Å²) in [4.78, 5) is 10.7. The lowest BCUT2D eigenvalue weighted by atomic mass is 10.1. The molecule has 0 aromatic rings. The monoisotopic (exact) mass is 243 g/mol. The summed E-state index contributed by atoms with van der Waals surface area (Å²) in [6, 6.07) is 0. The summed E-state index contributed by atoms with van der Waals surface area (Å²) < 4.78 is 10.7. The Kier molecular flexibility index (Phi) is 4.76. The highest BCUT2D eigenvalue weighted by Gasteiger charge is 2.29. The van der Waals surface area contributed by atoms with Crippen molar-refractivity contribution in [2.24, 2.45) is 5.92 Å². The molecule has 3 atom stereocenters. The van der Waals surface area contributed by atoms with Crippen molar-refractivity contribution in [3.63, 3.8) is 0 Å². The Morgan fingerprint density at radius 2 is 2.24 bits per heavy atom. The summed E-state index contributed by atoms with van der Waals surface area (Å²) in [5.41, 5.74) is 0. The SMILES string of the molecule is O=C(O)C1CCC(CNCCC2CCOC2)O1. The number of carboxylic acid groups (broad SMARTS) is 1. The Morgan fingerprint density at radius 1 is 1.35 bits per heavy atom. The molecule has 2 rings (SSSR count). The second kappa shape index (κ2) is 6.33. The minimum Gasteiger partial charge on any atom is -0.479 e. The molecule has 0 aromatic carbocycles. The summed E-state index contributed by atoms with van der Waals surface area (Å²) in [6.07, 6.45) is 3.26. The highest BCUT2D eigenvalue weighted by atomic mass is 16.5. The molecular weight excluding hydrogens is 222 g/mol. The van der Waals surface area contributed by atoms with Crippen LogP contribution >= 0.6 is 0 Å². The van der Waals surface area contributed by atoms with E-state index in [1.165, 1.54) is 6.42 Å². The molecule has 0 saturated carbocycles. The van der Waals surface area contributed by atoms with Crippen molar-refractivity contribution < 1.29 is 19.4 Å². The second-order valence-electron chi connectivity index (χ2n) is 4.88. The lowest BCUT2D eigenvalue weighted by molar-refractivity contribution is -0.149. The lowest BCUT2D eigenvalue weighted by Crippen LogP contribution is -2.30. The average Bonchev–Trinajstić information content (AvgIpc) is 2.96. The van der Waals surface area contributed by atoms with Crippen LogP contribution in [0.15, 0.2) is 0 Å². The number of carboxylic acids is 1. The van der Waals surface area contributed by atoms with Gasteiger partial charge in [0.05, 0.1) is 6.10 Å². The van der Waals surface area contributed by atoms with E-state index in [1.54, 1.807) is 0 Å². The first kappa shape index (κ1) is 12.8. The lowest BCUT2D eigenvalue weighted by Gasteiger charge is -2.13. The Labute approximate surface area is 101 Å². The molecule has 0 radical (unpaired) electrons. The van der Waals surface area contributed by atoms with Crippen LogP contribution in [0.25, 0.3) is 0 Å². The van der Waals surface area contributed by atoms with Crippen molar-refractivity contribution in [3.8, 4) is 0 Å². The van der Waals surface area contributed by atoms with E-state index in [9.17, 15) is 4.79 Å². The van der Waals surface area contributed by atoms with Gasteiger partial charge >= 0.3 is 5.97 Å². The molecular formula is C12H21NO4. The van der Waals surface area contributed by atoms with Crippen LogP contribution in [0.1, 0.15) is 25.7 Å². The molecule has 5 nitrogen and oxygen atoms in total. The van der Waals surface area contributed by atoms with Crippen molar-refractivity contribution in [2.75, 3.05) is 26.3 Å². The van der Waals surface area contributed by atoms with Crippen LogP contribution in [-0.4, -0.2) is 49.6 Å². The summed E-state index contributed by atoms with van der Waals surface area (Å²) in [6.45, 7) is 3.52. The summed E-state index contributed by atoms with van der Waals surface area (Å²) in [5, 5.41) is 12.1. The number of rotatable bonds is 6. The van der Waals surface area contributed by atoms with Gasteiger partial charge in [0.2, 0.25) is 0 Å². The fourth-order valence-corrected chi connectivity index (χ4v) is 2.42. The molecule has 2 saturated heterocycles. The molecule has 2 heterocycles. The van der Waals surface area contributed by atoms with E-state index in [4.69, 9.17) is 14.6 Å². The Hall–Kier alpha value is -0.650. The van der Waals surface area contributed by atoms with Crippen molar-refractivity contribution in [1.29, 1.82) is 0 Å². The van der Waals surface area contributed by atoms with Crippen molar-refractivity contribution >= 4 is 5.97 Å². The Balaban J connectivity index is 1.52. The topological polar surface area (TPSA) is 67.8 Å². The van der Waals surface area contributed by atoms with Gasteiger partial charge < -0.3 is 19.9 Å². The maximum atomic E-state index is 10.7. The average molecular weight is 243 g/mol. The van der Waals surface area contributed by atoms with E-state index in [2.05, 4.69) is 5.32 Å². The molecule has 0 aliphatic carbocycles. The largest absolute Gasteiger partial charge is 0.479 e. The van der Waals surface area contributed by atoms with Gasteiger partial charge in [0.25, 0.3) is 0 Å². The fourth-order valence-electron chi connectivity index (χ4n) is 2.42. The van der Waals surface area contributed by atoms with Crippen LogP contribution in [0.3, 0.4) is 0 Å². The number of hydrogen-bond donors (Lipinski definition) is 2. The molecule has 98 valence electrons. The molecule has 2 aliphatic heterocycles. The van der Waals surface area contributed by atoms with Crippen LogP contribution in [0.5, 0.6) is 0 Å². The van der Waals surface area contributed by atoms with Crippen molar-refractivity contribution in [3.05, 3.63) is 0 Å². The van der Waals surface area contributed by atoms with E-state index in [0.717, 1.165) is 39.1 Å². The first-order valence-corrected chi connectivity index (χ1v) is 6.42. The number of hydrogen-bond acceptors (Lipinski definition) is 4. The minimum atomic E-state index is -0.837. The highest BCUT2D eigenvalue weighted by molar-refractivity contribution is 5.72. The van der Waals surface area contributed by atoms with Gasteiger partial charge in [-0.1, -0.05) is 0 Å². The van der Waals surface area contributed by atoms with E-state index in [1.807, 2.05) is 0 Å².